The molecule has 2 rings (SSSR count). The first kappa shape index (κ1) is 15.7. The van der Waals surface area contributed by atoms with E-state index in [9.17, 15) is 33.6 Å². The van der Waals surface area contributed by atoms with E-state index in [-0.39, 0.29) is 0 Å². The van der Waals surface area contributed by atoms with Crippen molar-refractivity contribution >= 4 is 40.7 Å². The van der Waals surface area contributed by atoms with Crippen molar-refractivity contribution < 1.29 is 33.6 Å². The summed E-state index contributed by atoms with van der Waals surface area (Å²) in [7, 11) is 0. The van der Waals surface area contributed by atoms with E-state index in [1.807, 2.05) is 0 Å². The third kappa shape index (κ3) is 1.45. The SMILES string of the molecule is NC(=O)C1(C2(C(N)=O)C(=O)CCC(=O)C2=O)C(=O)CCC1=O. The van der Waals surface area contributed by atoms with Crippen molar-refractivity contribution in [1.29, 1.82) is 0 Å². The molecule has 2 saturated carbocycles. The maximum atomic E-state index is 12.3. The van der Waals surface area contributed by atoms with Gasteiger partial charge in [-0.05, 0) is 0 Å². The Morgan fingerprint density at radius 2 is 1.05 bits per heavy atom. The summed E-state index contributed by atoms with van der Waals surface area (Å²) in [6.07, 6.45) is -2.00. The van der Waals surface area contributed by atoms with E-state index in [4.69, 9.17) is 11.5 Å². The highest BCUT2D eigenvalue weighted by molar-refractivity contribution is 6.55. The molecule has 0 bridgehead atoms. The molecule has 0 aromatic carbocycles. The molecular weight excluding hydrogens is 296 g/mol. The maximum absolute atomic E-state index is 12.3. The van der Waals surface area contributed by atoms with Crippen molar-refractivity contribution in [1.82, 2.24) is 0 Å². The summed E-state index contributed by atoms with van der Waals surface area (Å²) in [6.45, 7) is 0. The number of carbonyl (C=O) groups excluding carboxylic acids is 7. The molecule has 2 amide bonds. The van der Waals surface area contributed by atoms with Crippen molar-refractivity contribution in [3.8, 4) is 0 Å². The quantitative estimate of drug-likeness (QED) is 0.423. The van der Waals surface area contributed by atoms with Gasteiger partial charge in [0, 0.05) is 25.7 Å². The van der Waals surface area contributed by atoms with Gasteiger partial charge in [-0.3, -0.25) is 33.6 Å². The highest BCUT2D eigenvalue weighted by Crippen LogP contribution is 2.50. The predicted octanol–water partition coefficient (Wildman–Crippen LogP) is -2.64. The molecule has 4 N–H and O–H groups in total. The zero-order valence-corrected chi connectivity index (χ0v) is 11.3. The normalized spacial score (nSPS) is 28.1. The maximum Gasteiger partial charge on any atom is 0.241 e. The van der Waals surface area contributed by atoms with Crippen LogP contribution in [0, 0.1) is 10.8 Å². The number of rotatable bonds is 3. The van der Waals surface area contributed by atoms with Crippen LogP contribution in [0.2, 0.25) is 0 Å². The Kier molecular flexibility index (Phi) is 3.31. The molecule has 22 heavy (non-hydrogen) atoms. The number of carbonyl (C=O) groups is 7. The summed E-state index contributed by atoms with van der Waals surface area (Å²) in [4.78, 5) is 84.6. The number of amides is 2. The van der Waals surface area contributed by atoms with Gasteiger partial charge in [0.15, 0.2) is 22.8 Å². The van der Waals surface area contributed by atoms with Gasteiger partial charge in [0.2, 0.25) is 28.8 Å². The minimum absolute atomic E-state index is 0.467. The fraction of sp³-hybridized carbons (Fsp3) is 0.462. The fourth-order valence-electron chi connectivity index (χ4n) is 3.31. The monoisotopic (exact) mass is 308 g/mol. The van der Waals surface area contributed by atoms with Crippen molar-refractivity contribution in [3.05, 3.63) is 0 Å². The molecule has 1 unspecified atom stereocenters. The van der Waals surface area contributed by atoms with E-state index in [1.54, 1.807) is 0 Å². The second kappa shape index (κ2) is 4.65. The van der Waals surface area contributed by atoms with Crippen molar-refractivity contribution in [2.75, 3.05) is 0 Å². The smallest absolute Gasteiger partial charge is 0.241 e. The third-order valence-electron chi connectivity index (χ3n) is 4.31. The summed E-state index contributed by atoms with van der Waals surface area (Å²) in [5, 5.41) is 0. The van der Waals surface area contributed by atoms with Gasteiger partial charge < -0.3 is 11.5 Å². The van der Waals surface area contributed by atoms with Crippen LogP contribution in [-0.4, -0.2) is 40.7 Å². The van der Waals surface area contributed by atoms with E-state index >= 15 is 0 Å². The van der Waals surface area contributed by atoms with Crippen LogP contribution in [0.4, 0.5) is 0 Å². The Balaban J connectivity index is 2.93. The van der Waals surface area contributed by atoms with Crippen LogP contribution >= 0.6 is 0 Å². The number of hydrogen-bond acceptors (Lipinski definition) is 7. The average molecular weight is 308 g/mol. The molecule has 116 valence electrons. The molecule has 0 aliphatic heterocycles. The van der Waals surface area contributed by atoms with Gasteiger partial charge in [0.1, 0.15) is 0 Å². The molecule has 2 fully saturated rings. The van der Waals surface area contributed by atoms with Gasteiger partial charge in [-0.1, -0.05) is 0 Å². The van der Waals surface area contributed by atoms with Crippen LogP contribution in [0.3, 0.4) is 0 Å². The first-order valence-electron chi connectivity index (χ1n) is 6.42. The standard InChI is InChI=1S/C13H12N2O7/c14-10(21)12(6(17)3-4-7(12)18)13(11(15)22)8(19)2-1-5(16)9(13)20/h1-4H2,(H2,14,21)(H2,15,22). The largest absolute Gasteiger partial charge is 0.368 e. The zero-order valence-electron chi connectivity index (χ0n) is 11.3. The molecule has 2 aliphatic rings. The van der Waals surface area contributed by atoms with Crippen LogP contribution < -0.4 is 11.5 Å². The molecule has 9 heteroatoms. The zero-order chi connectivity index (χ0) is 16.9. The van der Waals surface area contributed by atoms with Gasteiger partial charge >= 0.3 is 0 Å². The lowest BCUT2D eigenvalue weighted by Gasteiger charge is -2.40. The minimum atomic E-state index is -3.15. The Labute approximate surface area is 123 Å². The number of nitrogens with two attached hydrogens (primary N) is 2. The number of hydrogen-bond donors (Lipinski definition) is 2. The van der Waals surface area contributed by atoms with Crippen LogP contribution in [0.1, 0.15) is 25.7 Å². The first-order valence-corrected chi connectivity index (χ1v) is 6.42. The second-order valence-electron chi connectivity index (χ2n) is 5.25. The molecule has 1 atom stereocenters. The molecule has 9 nitrogen and oxygen atoms in total. The Morgan fingerprint density at radius 1 is 0.682 bits per heavy atom. The van der Waals surface area contributed by atoms with Gasteiger partial charge in [-0.2, -0.15) is 0 Å². The van der Waals surface area contributed by atoms with Gasteiger partial charge in [0.25, 0.3) is 0 Å². The van der Waals surface area contributed by atoms with Crippen molar-refractivity contribution in [2.24, 2.45) is 22.3 Å². The van der Waals surface area contributed by atoms with Crippen LogP contribution in [0.5, 0.6) is 0 Å². The topological polar surface area (TPSA) is 172 Å². The van der Waals surface area contributed by atoms with E-state index in [0.29, 0.717) is 0 Å². The van der Waals surface area contributed by atoms with E-state index < -0.39 is 77.2 Å². The Hall–Kier alpha value is -2.71. The van der Waals surface area contributed by atoms with Gasteiger partial charge in [0.05, 0.1) is 0 Å². The molecular formula is C13H12N2O7. The summed E-state index contributed by atoms with van der Waals surface area (Å²) in [6, 6.07) is 0. The highest BCUT2D eigenvalue weighted by Gasteiger charge is 2.77. The minimum Gasteiger partial charge on any atom is -0.368 e. The fourth-order valence-corrected chi connectivity index (χ4v) is 3.31. The molecule has 0 aromatic rings. The van der Waals surface area contributed by atoms with Gasteiger partial charge in [-0.15, -0.1) is 0 Å². The van der Waals surface area contributed by atoms with E-state index in [2.05, 4.69) is 0 Å². The molecule has 0 aromatic heterocycles. The summed E-state index contributed by atoms with van der Waals surface area (Å²) in [5.41, 5.74) is 4.10. The average Bonchev–Trinajstić information content (AvgIpc) is 2.72. The Morgan fingerprint density at radius 3 is 1.45 bits per heavy atom. The lowest BCUT2D eigenvalue weighted by Crippen LogP contribution is -2.71. The van der Waals surface area contributed by atoms with Crippen LogP contribution in [-0.2, 0) is 33.6 Å². The predicted molar refractivity (Wildman–Crippen MR) is 66.8 cm³/mol. The van der Waals surface area contributed by atoms with Crippen molar-refractivity contribution in [2.45, 2.75) is 25.7 Å². The molecule has 0 saturated heterocycles. The molecule has 0 radical (unpaired) electrons. The summed E-state index contributed by atoms with van der Waals surface area (Å²) >= 11 is 0. The Bertz CT molecular complexity index is 662. The van der Waals surface area contributed by atoms with Crippen molar-refractivity contribution in [3.63, 3.8) is 0 Å². The lowest BCUT2D eigenvalue weighted by molar-refractivity contribution is -0.174. The van der Waals surface area contributed by atoms with Crippen LogP contribution in [0.25, 0.3) is 0 Å². The number of Topliss-reactive ketones (excluding diaryl/α,β-unsaturated/α-hetero) is 5. The summed E-state index contributed by atoms with van der Waals surface area (Å²) < 4.78 is 0. The number of ketones is 5. The first-order chi connectivity index (χ1) is 10.1. The molecule has 0 spiro atoms. The third-order valence-corrected chi connectivity index (χ3v) is 4.31. The van der Waals surface area contributed by atoms with Gasteiger partial charge in [-0.25, -0.2) is 0 Å². The molecule has 0 heterocycles. The number of primary amides is 2. The molecule has 2 aliphatic carbocycles. The van der Waals surface area contributed by atoms with Crippen LogP contribution in [0.15, 0.2) is 0 Å². The summed E-state index contributed by atoms with van der Waals surface area (Å²) in [5.74, 6) is -9.54. The highest BCUT2D eigenvalue weighted by atomic mass is 16.2. The van der Waals surface area contributed by atoms with E-state index in [0.717, 1.165) is 0 Å². The van der Waals surface area contributed by atoms with E-state index in [1.165, 1.54) is 0 Å². The lowest BCUT2D eigenvalue weighted by atomic mass is 9.53. The second-order valence-corrected chi connectivity index (χ2v) is 5.25.